The second-order valence-electron chi connectivity index (χ2n) is 2.30. The normalized spacial score (nSPS) is 10.5. The van der Waals surface area contributed by atoms with E-state index >= 15 is 0 Å². The highest BCUT2D eigenvalue weighted by Gasteiger charge is 1.98. The third-order valence-corrected chi connectivity index (χ3v) is 1.62. The summed E-state index contributed by atoms with van der Waals surface area (Å²) in [6.07, 6.45) is 3.28. The van der Waals surface area contributed by atoms with Crippen LogP contribution in [0.15, 0.2) is 29.3 Å². The van der Waals surface area contributed by atoms with Crippen molar-refractivity contribution in [3.8, 4) is 0 Å². The molecule has 4 nitrogen and oxygen atoms in total. The van der Waals surface area contributed by atoms with Crippen LogP contribution in [-0.2, 0) is 0 Å². The van der Waals surface area contributed by atoms with Crippen LogP contribution in [0.4, 0.5) is 5.82 Å². The second kappa shape index (κ2) is 1.88. The minimum absolute atomic E-state index is 0.121. The van der Waals surface area contributed by atoms with Crippen LogP contribution < -0.4 is 11.3 Å². The zero-order valence-electron chi connectivity index (χ0n) is 5.74. The van der Waals surface area contributed by atoms with E-state index in [-0.39, 0.29) is 5.56 Å². The molecule has 0 saturated heterocycles. The van der Waals surface area contributed by atoms with Crippen molar-refractivity contribution in [2.24, 2.45) is 0 Å². The molecule has 3 N–H and O–H groups in total. The van der Waals surface area contributed by atoms with E-state index in [2.05, 4.69) is 4.98 Å². The van der Waals surface area contributed by atoms with Crippen LogP contribution >= 0.6 is 0 Å². The zero-order valence-corrected chi connectivity index (χ0v) is 5.74. The van der Waals surface area contributed by atoms with Crippen LogP contribution in [0, 0.1) is 0 Å². The number of hydrogen-bond acceptors (Lipinski definition) is 2. The van der Waals surface area contributed by atoms with Gasteiger partial charge in [-0.1, -0.05) is 0 Å². The number of nitrogens with two attached hydrogens (primary N) is 1. The van der Waals surface area contributed by atoms with Crippen LogP contribution in [0.3, 0.4) is 0 Å². The van der Waals surface area contributed by atoms with Crippen molar-refractivity contribution in [1.82, 2.24) is 9.38 Å². The molecule has 0 atom stereocenters. The molecule has 2 rings (SSSR count). The number of anilines is 1. The number of nitrogens with one attached hydrogen (secondary N) is 1. The molecular weight excluding hydrogens is 142 g/mol. The van der Waals surface area contributed by atoms with Crippen LogP contribution in [0.2, 0.25) is 0 Å². The Morgan fingerprint density at radius 1 is 1.45 bits per heavy atom. The Bertz CT molecular complexity index is 440. The molecule has 0 bridgehead atoms. The Balaban J connectivity index is 3.06. The maximum Gasteiger partial charge on any atom is 0.272 e. The molecule has 0 radical (unpaired) electrons. The monoisotopic (exact) mass is 149 g/mol. The molecule has 0 fully saturated rings. The van der Waals surface area contributed by atoms with Gasteiger partial charge in [0, 0.05) is 12.4 Å². The molecule has 2 aromatic rings. The van der Waals surface area contributed by atoms with Gasteiger partial charge in [-0.05, 0) is 12.1 Å². The summed E-state index contributed by atoms with van der Waals surface area (Å²) >= 11 is 0. The van der Waals surface area contributed by atoms with E-state index in [1.54, 1.807) is 28.9 Å². The molecule has 0 aromatic carbocycles. The van der Waals surface area contributed by atoms with Gasteiger partial charge in [-0.2, -0.15) is 0 Å². The predicted molar refractivity (Wildman–Crippen MR) is 42.4 cm³/mol. The zero-order chi connectivity index (χ0) is 7.84. The summed E-state index contributed by atoms with van der Waals surface area (Å²) in [5.74, 6) is 0.575. The van der Waals surface area contributed by atoms with Gasteiger partial charge in [-0.3, -0.25) is 9.20 Å². The quantitative estimate of drug-likeness (QED) is 0.562. The topological polar surface area (TPSA) is 63.3 Å². The Kier molecular flexibility index (Phi) is 1.03. The van der Waals surface area contributed by atoms with E-state index in [9.17, 15) is 4.79 Å². The summed E-state index contributed by atoms with van der Waals surface area (Å²) in [5, 5.41) is 0. The van der Waals surface area contributed by atoms with Crippen LogP contribution in [-0.4, -0.2) is 9.38 Å². The molecule has 2 aromatic heterocycles. The number of H-pyrrole nitrogens is 1. The third-order valence-electron chi connectivity index (χ3n) is 1.62. The SMILES string of the molecule is Nc1ccc2c(=O)[nH]ccn12. The number of hydrogen-bond donors (Lipinski definition) is 2. The van der Waals surface area contributed by atoms with Crippen molar-refractivity contribution in [3.05, 3.63) is 34.9 Å². The fourth-order valence-electron chi connectivity index (χ4n) is 1.08. The lowest BCUT2D eigenvalue weighted by molar-refractivity contribution is 1.11. The first kappa shape index (κ1) is 6.03. The summed E-state index contributed by atoms with van der Waals surface area (Å²) in [5.41, 5.74) is 6.01. The van der Waals surface area contributed by atoms with Gasteiger partial charge in [-0.15, -0.1) is 0 Å². The Hall–Kier alpha value is -1.71. The average Bonchev–Trinajstić information content (AvgIpc) is 2.35. The van der Waals surface area contributed by atoms with Gasteiger partial charge in [0.25, 0.3) is 5.56 Å². The number of nitrogens with zero attached hydrogens (tertiary/aromatic N) is 1. The lowest BCUT2D eigenvalue weighted by atomic mass is 10.5. The minimum Gasteiger partial charge on any atom is -0.385 e. The van der Waals surface area contributed by atoms with Gasteiger partial charge >= 0.3 is 0 Å². The standard InChI is InChI=1S/C7H7N3O/c8-6-2-1-5-7(11)9-3-4-10(5)6/h1-4H,8H2,(H,9,11). The maximum absolute atomic E-state index is 11.1. The van der Waals surface area contributed by atoms with E-state index in [0.717, 1.165) is 0 Å². The third kappa shape index (κ3) is 0.724. The molecule has 0 unspecified atom stereocenters. The maximum atomic E-state index is 11.1. The van der Waals surface area contributed by atoms with Crippen molar-refractivity contribution < 1.29 is 0 Å². The molecular formula is C7H7N3O. The number of fused-ring (bicyclic) bond motifs is 1. The molecule has 4 heteroatoms. The van der Waals surface area contributed by atoms with Crippen molar-refractivity contribution in [1.29, 1.82) is 0 Å². The average molecular weight is 149 g/mol. The first-order chi connectivity index (χ1) is 5.29. The molecule has 2 heterocycles. The highest BCUT2D eigenvalue weighted by atomic mass is 16.1. The molecule has 56 valence electrons. The van der Waals surface area contributed by atoms with E-state index < -0.39 is 0 Å². The summed E-state index contributed by atoms with van der Waals surface area (Å²) < 4.78 is 1.64. The largest absolute Gasteiger partial charge is 0.385 e. The van der Waals surface area contributed by atoms with Gasteiger partial charge in [0.05, 0.1) is 0 Å². The summed E-state index contributed by atoms with van der Waals surface area (Å²) in [6.45, 7) is 0. The van der Waals surface area contributed by atoms with E-state index in [0.29, 0.717) is 11.3 Å². The molecule has 0 aliphatic rings. The van der Waals surface area contributed by atoms with E-state index in [1.807, 2.05) is 0 Å². The van der Waals surface area contributed by atoms with Crippen LogP contribution in [0.1, 0.15) is 0 Å². The first-order valence-corrected chi connectivity index (χ1v) is 3.23. The van der Waals surface area contributed by atoms with Crippen molar-refractivity contribution in [3.63, 3.8) is 0 Å². The van der Waals surface area contributed by atoms with Crippen molar-refractivity contribution >= 4 is 11.3 Å². The van der Waals surface area contributed by atoms with Gasteiger partial charge in [0.15, 0.2) is 0 Å². The predicted octanol–water partition coefficient (Wildman–Crippen LogP) is 0.210. The molecule has 0 spiro atoms. The van der Waals surface area contributed by atoms with Gasteiger partial charge in [0.2, 0.25) is 0 Å². The van der Waals surface area contributed by atoms with Gasteiger partial charge in [-0.25, -0.2) is 0 Å². The van der Waals surface area contributed by atoms with Crippen molar-refractivity contribution in [2.45, 2.75) is 0 Å². The number of aromatic nitrogens is 2. The number of aromatic amines is 1. The fourth-order valence-corrected chi connectivity index (χ4v) is 1.08. The molecule has 0 saturated carbocycles. The first-order valence-electron chi connectivity index (χ1n) is 3.23. The van der Waals surface area contributed by atoms with Gasteiger partial charge in [0.1, 0.15) is 11.3 Å². The highest BCUT2D eigenvalue weighted by Crippen LogP contribution is 2.05. The molecule has 0 amide bonds. The van der Waals surface area contributed by atoms with E-state index in [1.165, 1.54) is 0 Å². The number of nitrogen functional groups attached to an aromatic ring is 1. The smallest absolute Gasteiger partial charge is 0.272 e. The summed E-state index contributed by atoms with van der Waals surface area (Å²) in [4.78, 5) is 13.6. The summed E-state index contributed by atoms with van der Waals surface area (Å²) in [7, 11) is 0. The number of rotatable bonds is 0. The lowest BCUT2D eigenvalue weighted by Gasteiger charge is -1.93. The lowest BCUT2D eigenvalue weighted by Crippen LogP contribution is -2.08. The Morgan fingerprint density at radius 2 is 2.27 bits per heavy atom. The van der Waals surface area contributed by atoms with Crippen molar-refractivity contribution in [2.75, 3.05) is 5.73 Å². The molecule has 11 heavy (non-hydrogen) atoms. The molecule has 0 aliphatic carbocycles. The summed E-state index contributed by atoms with van der Waals surface area (Å²) in [6, 6.07) is 3.39. The Morgan fingerprint density at radius 3 is 3.00 bits per heavy atom. The van der Waals surface area contributed by atoms with Crippen LogP contribution in [0.25, 0.3) is 5.52 Å². The molecule has 0 aliphatic heterocycles. The van der Waals surface area contributed by atoms with Gasteiger partial charge < -0.3 is 10.7 Å². The second-order valence-corrected chi connectivity index (χ2v) is 2.30. The fraction of sp³-hybridized carbons (Fsp3) is 0. The van der Waals surface area contributed by atoms with E-state index in [4.69, 9.17) is 5.73 Å². The Labute approximate surface area is 62.3 Å². The van der Waals surface area contributed by atoms with Crippen LogP contribution in [0.5, 0.6) is 0 Å². The minimum atomic E-state index is -0.121. The highest BCUT2D eigenvalue weighted by molar-refractivity contribution is 5.53.